The minimum atomic E-state index is -3.55. The summed E-state index contributed by atoms with van der Waals surface area (Å²) in [5.41, 5.74) is 5.52. The highest BCUT2D eigenvalue weighted by Crippen LogP contribution is 2.16. The molecule has 1 aliphatic rings. The molecule has 1 saturated heterocycles. The maximum absolute atomic E-state index is 12.0. The van der Waals surface area contributed by atoms with Crippen molar-refractivity contribution in [2.45, 2.75) is 43.5 Å². The summed E-state index contributed by atoms with van der Waals surface area (Å²) >= 11 is 0. The number of nitrogens with zero attached hydrogens (tertiary/aromatic N) is 2. The van der Waals surface area contributed by atoms with Crippen LogP contribution in [0.4, 0.5) is 5.82 Å². The Morgan fingerprint density at radius 2 is 2.35 bits per heavy atom. The molecule has 0 aromatic carbocycles. The van der Waals surface area contributed by atoms with Crippen LogP contribution in [0.5, 0.6) is 0 Å². The van der Waals surface area contributed by atoms with E-state index in [-0.39, 0.29) is 10.7 Å². The average molecular weight is 301 g/mol. The summed E-state index contributed by atoms with van der Waals surface area (Å²) in [5.74, 6) is 0.0714. The molecule has 1 atom stereocenters. The molecular formula is C12H23N5O2S. The van der Waals surface area contributed by atoms with Gasteiger partial charge in [-0.05, 0) is 39.3 Å². The molecular weight excluding hydrogens is 278 g/mol. The van der Waals surface area contributed by atoms with Gasteiger partial charge in [0.15, 0.2) is 0 Å². The third-order valence-electron chi connectivity index (χ3n) is 3.78. The molecule has 1 fully saturated rings. The molecule has 2 heterocycles. The molecule has 20 heavy (non-hydrogen) atoms. The van der Waals surface area contributed by atoms with Crippen LogP contribution in [-0.2, 0) is 10.0 Å². The number of nitrogens with two attached hydrogens (primary N) is 1. The van der Waals surface area contributed by atoms with E-state index in [1.807, 2.05) is 0 Å². The summed E-state index contributed by atoms with van der Waals surface area (Å²) in [6.45, 7) is 4.68. The largest absolute Gasteiger partial charge is 0.383 e. The van der Waals surface area contributed by atoms with E-state index in [2.05, 4.69) is 26.7 Å². The Balaban J connectivity index is 1.77. The lowest BCUT2D eigenvalue weighted by atomic mass is 10.0. The predicted molar refractivity (Wildman–Crippen MR) is 77.7 cm³/mol. The van der Waals surface area contributed by atoms with Gasteiger partial charge < -0.3 is 10.6 Å². The normalized spacial score (nSPS) is 21.1. The van der Waals surface area contributed by atoms with Crippen LogP contribution in [0.15, 0.2) is 11.1 Å². The molecule has 0 amide bonds. The molecule has 0 spiro atoms. The van der Waals surface area contributed by atoms with Gasteiger partial charge in [-0.3, -0.25) is 5.10 Å². The fourth-order valence-corrected chi connectivity index (χ4v) is 3.65. The molecule has 0 aliphatic carbocycles. The van der Waals surface area contributed by atoms with Crippen molar-refractivity contribution in [1.82, 2.24) is 19.8 Å². The standard InChI is InChI=1S/C12H23N5O2S/c1-10-5-2-3-7-17(10)8-4-6-15-20(18,19)11-9-14-16-12(11)13/h9-10,15H,2-8H2,1H3,(H3,13,14,16). The third-order valence-corrected chi connectivity index (χ3v) is 5.27. The van der Waals surface area contributed by atoms with Gasteiger partial charge in [0.1, 0.15) is 10.7 Å². The van der Waals surface area contributed by atoms with Gasteiger partial charge in [-0.25, -0.2) is 13.1 Å². The summed E-state index contributed by atoms with van der Waals surface area (Å²) < 4.78 is 26.5. The number of hydrogen-bond donors (Lipinski definition) is 3. The Kier molecular flexibility index (Phi) is 5.00. The summed E-state index contributed by atoms with van der Waals surface area (Å²) in [4.78, 5) is 2.44. The number of piperidine rings is 1. The maximum Gasteiger partial charge on any atom is 0.245 e. The summed E-state index contributed by atoms with van der Waals surface area (Å²) in [6.07, 6.45) is 5.79. The minimum absolute atomic E-state index is 0.0174. The Hall–Kier alpha value is -1.12. The molecule has 1 aromatic heterocycles. The zero-order valence-corrected chi connectivity index (χ0v) is 12.6. The first-order valence-electron chi connectivity index (χ1n) is 7.03. The number of sulfonamides is 1. The fourth-order valence-electron chi connectivity index (χ4n) is 2.56. The number of H-pyrrole nitrogens is 1. The lowest BCUT2D eigenvalue weighted by Gasteiger charge is -2.33. The Labute approximate surface area is 120 Å². The van der Waals surface area contributed by atoms with Crippen LogP contribution in [0.1, 0.15) is 32.6 Å². The lowest BCUT2D eigenvalue weighted by Crippen LogP contribution is -2.39. The number of rotatable bonds is 6. The smallest absolute Gasteiger partial charge is 0.245 e. The summed E-state index contributed by atoms with van der Waals surface area (Å²) in [6, 6.07) is 0.602. The Morgan fingerprint density at radius 1 is 1.55 bits per heavy atom. The molecule has 1 aliphatic heterocycles. The van der Waals surface area contributed by atoms with E-state index in [1.165, 1.54) is 25.5 Å². The first-order valence-corrected chi connectivity index (χ1v) is 8.51. The van der Waals surface area contributed by atoms with Gasteiger partial charge >= 0.3 is 0 Å². The summed E-state index contributed by atoms with van der Waals surface area (Å²) in [7, 11) is -3.55. The van der Waals surface area contributed by atoms with Gasteiger partial charge in [-0.2, -0.15) is 5.10 Å². The highest BCUT2D eigenvalue weighted by molar-refractivity contribution is 7.89. The van der Waals surface area contributed by atoms with Crippen LogP contribution in [-0.4, -0.2) is 49.2 Å². The number of aromatic nitrogens is 2. The van der Waals surface area contributed by atoms with Crippen molar-refractivity contribution < 1.29 is 8.42 Å². The first kappa shape index (κ1) is 15.3. The van der Waals surface area contributed by atoms with Gasteiger partial charge in [0.25, 0.3) is 0 Å². The zero-order valence-electron chi connectivity index (χ0n) is 11.8. The van der Waals surface area contributed by atoms with E-state index in [0.29, 0.717) is 12.6 Å². The predicted octanol–water partition coefficient (Wildman–Crippen LogP) is 0.535. The van der Waals surface area contributed by atoms with Crippen LogP contribution in [0.2, 0.25) is 0 Å². The van der Waals surface area contributed by atoms with E-state index < -0.39 is 10.0 Å². The van der Waals surface area contributed by atoms with Crippen LogP contribution in [0.25, 0.3) is 0 Å². The molecule has 1 unspecified atom stereocenters. The van der Waals surface area contributed by atoms with Crippen LogP contribution in [0.3, 0.4) is 0 Å². The van der Waals surface area contributed by atoms with Crippen molar-refractivity contribution in [2.24, 2.45) is 0 Å². The molecule has 114 valence electrons. The molecule has 0 bridgehead atoms. The first-order chi connectivity index (χ1) is 9.50. The quantitative estimate of drug-likeness (QED) is 0.665. The number of aromatic amines is 1. The highest BCUT2D eigenvalue weighted by Gasteiger charge is 2.20. The highest BCUT2D eigenvalue weighted by atomic mass is 32.2. The van der Waals surface area contributed by atoms with Crippen LogP contribution < -0.4 is 10.5 Å². The van der Waals surface area contributed by atoms with Crippen LogP contribution in [0, 0.1) is 0 Å². The molecule has 2 rings (SSSR count). The molecule has 0 saturated carbocycles. The number of nitrogen functional groups attached to an aromatic ring is 1. The number of anilines is 1. The van der Waals surface area contributed by atoms with Gasteiger partial charge in [-0.1, -0.05) is 6.42 Å². The SMILES string of the molecule is CC1CCCCN1CCCNS(=O)(=O)c1cn[nH]c1N. The second-order valence-electron chi connectivity index (χ2n) is 5.28. The van der Waals surface area contributed by atoms with Crippen molar-refractivity contribution in [2.75, 3.05) is 25.4 Å². The maximum atomic E-state index is 12.0. The molecule has 4 N–H and O–H groups in total. The topological polar surface area (TPSA) is 104 Å². The van der Waals surface area contributed by atoms with E-state index in [1.54, 1.807) is 0 Å². The van der Waals surface area contributed by atoms with E-state index in [0.717, 1.165) is 19.5 Å². The van der Waals surface area contributed by atoms with Crippen molar-refractivity contribution in [1.29, 1.82) is 0 Å². The van der Waals surface area contributed by atoms with Gasteiger partial charge in [0.05, 0.1) is 6.20 Å². The average Bonchev–Trinajstić information content (AvgIpc) is 2.84. The lowest BCUT2D eigenvalue weighted by molar-refractivity contribution is 0.159. The fraction of sp³-hybridized carbons (Fsp3) is 0.750. The number of hydrogen-bond acceptors (Lipinski definition) is 5. The van der Waals surface area contributed by atoms with Crippen molar-refractivity contribution in [3.05, 3.63) is 6.20 Å². The number of likely N-dealkylation sites (tertiary alicyclic amines) is 1. The van der Waals surface area contributed by atoms with Gasteiger partial charge in [-0.15, -0.1) is 0 Å². The Morgan fingerprint density at radius 3 is 3.00 bits per heavy atom. The monoisotopic (exact) mass is 301 g/mol. The van der Waals surface area contributed by atoms with Crippen molar-refractivity contribution in [3.63, 3.8) is 0 Å². The Bertz CT molecular complexity index is 528. The van der Waals surface area contributed by atoms with Gasteiger partial charge in [0.2, 0.25) is 10.0 Å². The minimum Gasteiger partial charge on any atom is -0.383 e. The van der Waals surface area contributed by atoms with Crippen molar-refractivity contribution in [3.8, 4) is 0 Å². The molecule has 7 nitrogen and oxygen atoms in total. The van der Waals surface area contributed by atoms with E-state index in [9.17, 15) is 8.42 Å². The van der Waals surface area contributed by atoms with E-state index >= 15 is 0 Å². The molecule has 1 aromatic rings. The second kappa shape index (κ2) is 6.55. The van der Waals surface area contributed by atoms with Gasteiger partial charge in [0, 0.05) is 12.6 Å². The zero-order chi connectivity index (χ0) is 14.6. The second-order valence-corrected chi connectivity index (χ2v) is 7.02. The third kappa shape index (κ3) is 3.71. The molecule has 0 radical (unpaired) electrons. The van der Waals surface area contributed by atoms with E-state index in [4.69, 9.17) is 5.73 Å². The number of nitrogens with one attached hydrogen (secondary N) is 2. The van der Waals surface area contributed by atoms with Crippen LogP contribution >= 0.6 is 0 Å². The van der Waals surface area contributed by atoms with Crippen molar-refractivity contribution >= 4 is 15.8 Å². The molecule has 8 heteroatoms. The summed E-state index contributed by atoms with van der Waals surface area (Å²) in [5, 5.41) is 6.05.